The predicted molar refractivity (Wildman–Crippen MR) is 65.1 cm³/mol. The number of carbonyl (C=O) groups excluding carboxylic acids is 2. The van der Waals surface area contributed by atoms with Gasteiger partial charge in [0.05, 0.1) is 0 Å². The predicted octanol–water partition coefficient (Wildman–Crippen LogP) is 2.43. The molecule has 18 heavy (non-hydrogen) atoms. The Morgan fingerprint density at radius 2 is 1.56 bits per heavy atom. The van der Waals surface area contributed by atoms with Gasteiger partial charge in [-0.2, -0.15) is 0 Å². The van der Waals surface area contributed by atoms with Crippen molar-refractivity contribution in [1.82, 2.24) is 0 Å². The van der Waals surface area contributed by atoms with Gasteiger partial charge in [-0.25, -0.2) is 9.59 Å². The largest absolute Gasteiger partial charge is 0.389 e. The highest BCUT2D eigenvalue weighted by Crippen LogP contribution is 2.36. The standard InChI is InChI=1S/C13H13ClO4/c1-12(2)10(15)17-11(16)13(3,18-12)8-4-6-9(14)7-5-8/h4-7H,1-3H3/t13-/m0/s1. The Labute approximate surface area is 110 Å². The van der Waals surface area contributed by atoms with Crippen molar-refractivity contribution in [2.45, 2.75) is 32.0 Å². The molecule has 4 nitrogen and oxygen atoms in total. The molecule has 1 aromatic carbocycles. The number of benzene rings is 1. The quantitative estimate of drug-likeness (QED) is 0.580. The van der Waals surface area contributed by atoms with Crippen molar-refractivity contribution in [2.75, 3.05) is 0 Å². The van der Waals surface area contributed by atoms with E-state index in [-0.39, 0.29) is 0 Å². The minimum absolute atomic E-state index is 0.557. The molecule has 5 heteroatoms. The molecule has 0 bridgehead atoms. The van der Waals surface area contributed by atoms with E-state index >= 15 is 0 Å². The molecule has 1 atom stereocenters. The zero-order valence-corrected chi connectivity index (χ0v) is 11.1. The molecule has 0 spiro atoms. The molecule has 0 saturated carbocycles. The molecular weight excluding hydrogens is 256 g/mol. The van der Waals surface area contributed by atoms with Crippen LogP contribution in [-0.2, 0) is 24.7 Å². The number of rotatable bonds is 1. The van der Waals surface area contributed by atoms with Crippen LogP contribution in [-0.4, -0.2) is 17.5 Å². The minimum Gasteiger partial charge on any atom is -0.389 e. The second-order valence-corrected chi connectivity index (χ2v) is 5.27. The van der Waals surface area contributed by atoms with Crippen molar-refractivity contribution in [3.05, 3.63) is 34.9 Å². The van der Waals surface area contributed by atoms with Crippen LogP contribution in [0.5, 0.6) is 0 Å². The first-order chi connectivity index (χ1) is 8.25. The first kappa shape index (κ1) is 13.1. The van der Waals surface area contributed by atoms with Gasteiger partial charge in [-0.1, -0.05) is 23.7 Å². The van der Waals surface area contributed by atoms with Gasteiger partial charge in [0.2, 0.25) is 0 Å². The van der Waals surface area contributed by atoms with Gasteiger partial charge in [-0.3, -0.25) is 0 Å². The monoisotopic (exact) mass is 268 g/mol. The van der Waals surface area contributed by atoms with Crippen molar-refractivity contribution in [2.24, 2.45) is 0 Å². The van der Waals surface area contributed by atoms with Gasteiger partial charge in [0.25, 0.3) is 0 Å². The van der Waals surface area contributed by atoms with E-state index in [0.717, 1.165) is 0 Å². The molecule has 1 aliphatic heterocycles. The summed E-state index contributed by atoms with van der Waals surface area (Å²) in [6.07, 6.45) is 0. The lowest BCUT2D eigenvalue weighted by Gasteiger charge is -2.39. The summed E-state index contributed by atoms with van der Waals surface area (Å²) >= 11 is 5.80. The third-order valence-corrected chi connectivity index (χ3v) is 3.17. The highest BCUT2D eigenvalue weighted by molar-refractivity contribution is 6.30. The van der Waals surface area contributed by atoms with E-state index in [1.165, 1.54) is 0 Å². The van der Waals surface area contributed by atoms with Crippen LogP contribution in [0.1, 0.15) is 26.3 Å². The summed E-state index contributed by atoms with van der Waals surface area (Å²) in [6.45, 7) is 4.71. The molecule has 0 amide bonds. The highest BCUT2D eigenvalue weighted by Gasteiger charge is 2.52. The topological polar surface area (TPSA) is 52.6 Å². The fourth-order valence-corrected chi connectivity index (χ4v) is 1.97. The van der Waals surface area contributed by atoms with Crippen molar-refractivity contribution in [3.63, 3.8) is 0 Å². The Hall–Kier alpha value is -1.39. The number of halogens is 1. The Balaban J connectivity index is 2.43. The van der Waals surface area contributed by atoms with Gasteiger partial charge < -0.3 is 9.47 Å². The number of carbonyl (C=O) groups is 2. The Morgan fingerprint density at radius 3 is 2.11 bits per heavy atom. The second kappa shape index (κ2) is 4.07. The molecule has 96 valence electrons. The molecule has 1 heterocycles. The van der Waals surface area contributed by atoms with Crippen molar-refractivity contribution in [3.8, 4) is 0 Å². The summed E-state index contributed by atoms with van der Waals surface area (Å²) in [5.41, 5.74) is -1.87. The van der Waals surface area contributed by atoms with Crippen LogP contribution in [0.4, 0.5) is 0 Å². The molecule has 1 saturated heterocycles. The summed E-state index contributed by atoms with van der Waals surface area (Å²) in [4.78, 5) is 23.4. The van der Waals surface area contributed by atoms with Gasteiger partial charge in [0.15, 0.2) is 11.2 Å². The van der Waals surface area contributed by atoms with Gasteiger partial charge in [0, 0.05) is 5.02 Å². The first-order valence-electron chi connectivity index (χ1n) is 5.49. The van der Waals surface area contributed by atoms with Crippen LogP contribution in [0.2, 0.25) is 5.02 Å². The molecule has 1 fully saturated rings. The summed E-state index contributed by atoms with van der Waals surface area (Å²) in [5, 5.41) is 0.557. The number of hydrogen-bond acceptors (Lipinski definition) is 4. The molecule has 0 unspecified atom stereocenters. The van der Waals surface area contributed by atoms with E-state index in [1.807, 2.05) is 0 Å². The second-order valence-electron chi connectivity index (χ2n) is 4.83. The van der Waals surface area contributed by atoms with E-state index in [1.54, 1.807) is 45.0 Å². The maximum Gasteiger partial charge on any atom is 0.350 e. The average Bonchev–Trinajstić information content (AvgIpc) is 2.27. The van der Waals surface area contributed by atoms with Crippen molar-refractivity contribution < 1.29 is 19.1 Å². The normalized spacial score (nSPS) is 26.9. The van der Waals surface area contributed by atoms with Gasteiger partial charge >= 0.3 is 11.9 Å². The van der Waals surface area contributed by atoms with E-state index in [9.17, 15) is 9.59 Å². The van der Waals surface area contributed by atoms with E-state index in [0.29, 0.717) is 10.6 Å². The van der Waals surface area contributed by atoms with E-state index in [4.69, 9.17) is 21.1 Å². The zero-order valence-electron chi connectivity index (χ0n) is 10.3. The third-order valence-electron chi connectivity index (χ3n) is 2.92. The van der Waals surface area contributed by atoms with Crippen LogP contribution in [0.3, 0.4) is 0 Å². The number of esters is 2. The van der Waals surface area contributed by atoms with Crippen LogP contribution >= 0.6 is 11.6 Å². The Morgan fingerprint density at radius 1 is 1.00 bits per heavy atom. The summed E-state index contributed by atoms with van der Waals surface area (Å²) in [6, 6.07) is 6.66. The molecular formula is C13H13ClO4. The molecule has 0 radical (unpaired) electrons. The lowest BCUT2D eigenvalue weighted by Crippen LogP contribution is -2.55. The molecule has 0 N–H and O–H groups in total. The maximum absolute atomic E-state index is 11.9. The fourth-order valence-electron chi connectivity index (χ4n) is 1.84. The highest BCUT2D eigenvalue weighted by atomic mass is 35.5. The molecule has 0 aromatic heterocycles. The van der Waals surface area contributed by atoms with Crippen molar-refractivity contribution >= 4 is 23.5 Å². The van der Waals surface area contributed by atoms with Crippen LogP contribution < -0.4 is 0 Å². The SMILES string of the molecule is CC1(C)O[C@@](C)(c2ccc(Cl)cc2)C(=O)OC1=O. The number of cyclic esters (lactones) is 2. The summed E-state index contributed by atoms with van der Waals surface area (Å²) < 4.78 is 10.4. The first-order valence-corrected chi connectivity index (χ1v) is 5.86. The number of ether oxygens (including phenoxy) is 2. The molecule has 0 aliphatic carbocycles. The van der Waals surface area contributed by atoms with Gasteiger partial charge in [0.1, 0.15) is 0 Å². The van der Waals surface area contributed by atoms with E-state index in [2.05, 4.69) is 0 Å². The lowest BCUT2D eigenvalue weighted by molar-refractivity contribution is -0.227. The van der Waals surface area contributed by atoms with Crippen LogP contribution in [0.25, 0.3) is 0 Å². The Bertz CT molecular complexity index is 506. The maximum atomic E-state index is 11.9. The fraction of sp³-hybridized carbons (Fsp3) is 0.385. The smallest absolute Gasteiger partial charge is 0.350 e. The molecule has 1 aromatic rings. The van der Waals surface area contributed by atoms with Crippen LogP contribution in [0.15, 0.2) is 24.3 Å². The Kier molecular flexibility index (Phi) is 2.95. The average molecular weight is 269 g/mol. The van der Waals surface area contributed by atoms with Crippen molar-refractivity contribution in [1.29, 1.82) is 0 Å². The number of hydrogen-bond donors (Lipinski definition) is 0. The lowest BCUT2D eigenvalue weighted by atomic mass is 9.92. The zero-order chi connectivity index (χ0) is 13.6. The van der Waals surface area contributed by atoms with Gasteiger partial charge in [-0.05, 0) is 38.5 Å². The molecule has 1 aliphatic rings. The minimum atomic E-state index is -1.30. The van der Waals surface area contributed by atoms with Crippen LogP contribution in [0, 0.1) is 0 Å². The summed E-state index contributed by atoms with van der Waals surface area (Å²) in [5.74, 6) is -1.40. The third kappa shape index (κ3) is 2.02. The summed E-state index contributed by atoms with van der Waals surface area (Å²) in [7, 11) is 0. The van der Waals surface area contributed by atoms with E-state index < -0.39 is 23.1 Å². The van der Waals surface area contributed by atoms with Gasteiger partial charge in [-0.15, -0.1) is 0 Å². The molecule has 2 rings (SSSR count).